The highest BCUT2D eigenvalue weighted by molar-refractivity contribution is 5.75. The second-order valence-corrected chi connectivity index (χ2v) is 11.0. The van der Waals surface area contributed by atoms with E-state index in [0.717, 1.165) is 43.1 Å². The molecular formula is C29H40FNO2. The van der Waals surface area contributed by atoms with Gasteiger partial charge in [-0.3, -0.25) is 4.79 Å². The van der Waals surface area contributed by atoms with Gasteiger partial charge in [-0.1, -0.05) is 58.3 Å². The van der Waals surface area contributed by atoms with Crippen LogP contribution in [-0.4, -0.2) is 5.97 Å². The number of hydrogen-bond acceptors (Lipinski definition) is 3. The first kappa shape index (κ1) is 24.2. The van der Waals surface area contributed by atoms with Crippen LogP contribution in [0.1, 0.15) is 102 Å². The lowest BCUT2D eigenvalue weighted by atomic mass is 9.59. The Hall–Kier alpha value is -1.89. The van der Waals surface area contributed by atoms with Crippen LogP contribution in [0.5, 0.6) is 5.75 Å². The highest BCUT2D eigenvalue weighted by atomic mass is 19.1. The lowest BCUT2D eigenvalue weighted by molar-refractivity contribution is -0.144. The van der Waals surface area contributed by atoms with E-state index in [1.165, 1.54) is 82.8 Å². The highest BCUT2D eigenvalue weighted by Gasteiger charge is 2.43. The summed E-state index contributed by atoms with van der Waals surface area (Å²) in [6.45, 7) is 2.29. The number of fused-ring (bicyclic) bond motifs is 1. The molecule has 0 bridgehead atoms. The van der Waals surface area contributed by atoms with Gasteiger partial charge in [-0.05, 0) is 86.3 Å². The quantitative estimate of drug-likeness (QED) is 0.240. The standard InChI is InChI=1S/C29H40FNO2/c1-2-3-4-6-20-9-12-22(13-10-20)23-14-15-25-24(18-23)7-5-8-26(25)29(32)33-28-16-11-21(19-31)17-27(28)30/h11,16-17,20,22-26H,2-10,12-15,18H2,1H3. The van der Waals surface area contributed by atoms with Crippen LogP contribution >= 0.6 is 0 Å². The number of rotatable bonds is 7. The van der Waals surface area contributed by atoms with Crippen LogP contribution in [0.25, 0.3) is 0 Å². The molecule has 33 heavy (non-hydrogen) atoms. The summed E-state index contributed by atoms with van der Waals surface area (Å²) in [6, 6.07) is 5.95. The summed E-state index contributed by atoms with van der Waals surface area (Å²) in [6.07, 6.45) is 17.9. The van der Waals surface area contributed by atoms with Gasteiger partial charge >= 0.3 is 5.97 Å². The van der Waals surface area contributed by atoms with E-state index < -0.39 is 5.82 Å². The molecule has 0 aromatic heterocycles. The molecule has 0 amide bonds. The Bertz CT molecular complexity index is 839. The van der Waals surface area contributed by atoms with Crippen LogP contribution < -0.4 is 4.74 Å². The van der Waals surface area contributed by atoms with Gasteiger partial charge in [0.15, 0.2) is 11.6 Å². The molecule has 4 heteroatoms. The molecule has 4 atom stereocenters. The van der Waals surface area contributed by atoms with Crippen molar-refractivity contribution in [2.24, 2.45) is 35.5 Å². The number of carbonyl (C=O) groups is 1. The number of hydrogen-bond donors (Lipinski definition) is 0. The number of benzene rings is 1. The summed E-state index contributed by atoms with van der Waals surface area (Å²) in [5.41, 5.74) is 0.235. The molecule has 0 radical (unpaired) electrons. The van der Waals surface area contributed by atoms with Gasteiger partial charge in [0.05, 0.1) is 17.6 Å². The Morgan fingerprint density at radius 1 is 1.03 bits per heavy atom. The molecule has 0 heterocycles. The van der Waals surface area contributed by atoms with Crippen LogP contribution in [0.2, 0.25) is 0 Å². The third-order valence-corrected chi connectivity index (χ3v) is 9.04. The number of esters is 1. The summed E-state index contributed by atoms with van der Waals surface area (Å²) in [5, 5.41) is 8.92. The van der Waals surface area contributed by atoms with Gasteiger partial charge in [0.1, 0.15) is 0 Å². The van der Waals surface area contributed by atoms with E-state index >= 15 is 0 Å². The number of carbonyl (C=O) groups excluding carboxylic acids is 1. The molecule has 0 N–H and O–H groups in total. The zero-order valence-corrected chi connectivity index (χ0v) is 20.2. The maximum atomic E-state index is 14.2. The molecule has 3 nitrogen and oxygen atoms in total. The molecule has 0 aliphatic heterocycles. The number of unbranched alkanes of at least 4 members (excludes halogenated alkanes) is 2. The topological polar surface area (TPSA) is 50.1 Å². The van der Waals surface area contributed by atoms with Crippen LogP contribution in [0.3, 0.4) is 0 Å². The number of nitrogens with zero attached hydrogens (tertiary/aromatic N) is 1. The summed E-state index contributed by atoms with van der Waals surface area (Å²) in [4.78, 5) is 13.0. The SMILES string of the molecule is CCCCCC1CCC(C2CCC3C(CCCC3C(=O)Oc3ccc(C#N)cc3F)C2)CC1. The molecule has 180 valence electrons. The second-order valence-electron chi connectivity index (χ2n) is 11.0. The molecule has 0 spiro atoms. The maximum absolute atomic E-state index is 14.2. The average Bonchev–Trinajstić information content (AvgIpc) is 2.85. The minimum absolute atomic E-state index is 0.0505. The van der Waals surface area contributed by atoms with Gasteiger partial charge in [-0.15, -0.1) is 0 Å². The van der Waals surface area contributed by atoms with Crippen molar-refractivity contribution in [2.75, 3.05) is 0 Å². The molecular weight excluding hydrogens is 413 g/mol. The van der Waals surface area contributed by atoms with E-state index in [0.29, 0.717) is 11.8 Å². The number of ether oxygens (including phenoxy) is 1. The second kappa shape index (κ2) is 11.5. The molecule has 1 aromatic rings. The Kier molecular flexibility index (Phi) is 8.45. The molecule has 3 fully saturated rings. The van der Waals surface area contributed by atoms with Crippen LogP contribution in [0.4, 0.5) is 4.39 Å². The third-order valence-electron chi connectivity index (χ3n) is 9.04. The fourth-order valence-electron chi connectivity index (χ4n) is 7.19. The van der Waals surface area contributed by atoms with E-state index in [2.05, 4.69) is 6.92 Å². The van der Waals surface area contributed by atoms with Crippen molar-refractivity contribution in [3.05, 3.63) is 29.6 Å². The lowest BCUT2D eigenvalue weighted by Gasteiger charge is -2.46. The van der Waals surface area contributed by atoms with Crippen molar-refractivity contribution in [1.82, 2.24) is 0 Å². The van der Waals surface area contributed by atoms with Gasteiger partial charge < -0.3 is 4.74 Å². The van der Waals surface area contributed by atoms with E-state index in [-0.39, 0.29) is 23.2 Å². The van der Waals surface area contributed by atoms with Crippen LogP contribution in [0, 0.1) is 52.7 Å². The Labute approximate surface area is 199 Å². The van der Waals surface area contributed by atoms with Crippen molar-refractivity contribution in [1.29, 1.82) is 5.26 Å². The van der Waals surface area contributed by atoms with E-state index in [9.17, 15) is 9.18 Å². The van der Waals surface area contributed by atoms with Crippen molar-refractivity contribution in [2.45, 2.75) is 96.8 Å². The zero-order valence-electron chi connectivity index (χ0n) is 20.2. The Morgan fingerprint density at radius 3 is 2.55 bits per heavy atom. The van der Waals surface area contributed by atoms with Crippen LogP contribution in [-0.2, 0) is 4.79 Å². The van der Waals surface area contributed by atoms with Crippen molar-refractivity contribution < 1.29 is 13.9 Å². The van der Waals surface area contributed by atoms with Gasteiger partial charge in [-0.25, -0.2) is 4.39 Å². The third kappa shape index (κ3) is 5.97. The first-order valence-corrected chi connectivity index (χ1v) is 13.5. The Morgan fingerprint density at radius 2 is 1.82 bits per heavy atom. The fourth-order valence-corrected chi connectivity index (χ4v) is 7.19. The summed E-state index contributed by atoms with van der Waals surface area (Å²) in [5.74, 6) is 2.59. The molecule has 3 aliphatic rings. The van der Waals surface area contributed by atoms with Crippen LogP contribution in [0.15, 0.2) is 18.2 Å². The average molecular weight is 454 g/mol. The largest absolute Gasteiger partial charge is 0.423 e. The summed E-state index contributed by atoms with van der Waals surface area (Å²) >= 11 is 0. The number of halogens is 1. The normalized spacial score (nSPS) is 31.9. The van der Waals surface area contributed by atoms with E-state index in [1.807, 2.05) is 6.07 Å². The van der Waals surface area contributed by atoms with Gasteiger partial charge in [0.25, 0.3) is 0 Å². The molecule has 1 aromatic carbocycles. The summed E-state index contributed by atoms with van der Waals surface area (Å²) in [7, 11) is 0. The predicted octanol–water partition coefficient (Wildman–Crippen LogP) is 7.82. The number of nitriles is 1. The smallest absolute Gasteiger partial charge is 0.314 e. The van der Waals surface area contributed by atoms with E-state index in [4.69, 9.17) is 10.00 Å². The maximum Gasteiger partial charge on any atom is 0.314 e. The predicted molar refractivity (Wildman–Crippen MR) is 128 cm³/mol. The van der Waals surface area contributed by atoms with E-state index in [1.54, 1.807) is 0 Å². The van der Waals surface area contributed by atoms with Crippen molar-refractivity contribution >= 4 is 5.97 Å². The molecule has 3 aliphatic carbocycles. The first-order chi connectivity index (χ1) is 16.1. The monoisotopic (exact) mass is 453 g/mol. The highest BCUT2D eigenvalue weighted by Crippen LogP contribution is 2.50. The van der Waals surface area contributed by atoms with Gasteiger partial charge in [-0.2, -0.15) is 5.26 Å². The zero-order chi connectivity index (χ0) is 23.2. The lowest BCUT2D eigenvalue weighted by Crippen LogP contribution is -2.40. The molecule has 4 rings (SSSR count). The van der Waals surface area contributed by atoms with Gasteiger partial charge in [0.2, 0.25) is 0 Å². The summed E-state index contributed by atoms with van der Waals surface area (Å²) < 4.78 is 19.7. The molecule has 4 unspecified atom stereocenters. The Balaban J connectivity index is 1.30. The fraction of sp³-hybridized carbons (Fsp3) is 0.724. The van der Waals surface area contributed by atoms with Gasteiger partial charge in [0, 0.05) is 0 Å². The van der Waals surface area contributed by atoms with Crippen molar-refractivity contribution in [3.8, 4) is 11.8 Å². The minimum Gasteiger partial charge on any atom is -0.423 e. The molecule has 0 saturated heterocycles. The first-order valence-electron chi connectivity index (χ1n) is 13.5. The van der Waals surface area contributed by atoms with Crippen molar-refractivity contribution in [3.63, 3.8) is 0 Å². The minimum atomic E-state index is -0.635. The molecule has 3 saturated carbocycles.